The van der Waals surface area contributed by atoms with Crippen molar-refractivity contribution in [1.29, 1.82) is 0 Å². The van der Waals surface area contributed by atoms with Crippen molar-refractivity contribution in [3.63, 3.8) is 0 Å². The van der Waals surface area contributed by atoms with Gasteiger partial charge >= 0.3 is 0 Å². The molecule has 3 nitrogen and oxygen atoms in total. The van der Waals surface area contributed by atoms with Crippen LogP contribution >= 0.6 is 0 Å². The molecule has 2 atom stereocenters. The molecule has 8 aromatic rings. The Morgan fingerprint density at radius 1 is 0.611 bits per heavy atom. The van der Waals surface area contributed by atoms with Crippen LogP contribution in [0.4, 0.5) is 5.69 Å². The fourth-order valence-electron chi connectivity index (χ4n) is 9.91. The number of allylic oxidation sites excluding steroid dienone is 3. The van der Waals surface area contributed by atoms with Gasteiger partial charge in [0.25, 0.3) is 0 Å². The van der Waals surface area contributed by atoms with E-state index in [-0.39, 0.29) is 6.04 Å². The maximum Gasteiger partial charge on any atom is 0.143 e. The molecule has 0 amide bonds. The van der Waals surface area contributed by atoms with Gasteiger partial charge in [0, 0.05) is 56.4 Å². The van der Waals surface area contributed by atoms with Crippen molar-refractivity contribution in [2.45, 2.75) is 38.1 Å². The lowest BCUT2D eigenvalue weighted by molar-refractivity contribution is 0.544. The van der Waals surface area contributed by atoms with Gasteiger partial charge in [-0.15, -0.1) is 0 Å². The van der Waals surface area contributed by atoms with Gasteiger partial charge in [-0.05, 0) is 88.0 Å². The van der Waals surface area contributed by atoms with Gasteiger partial charge in [0.15, 0.2) is 0 Å². The minimum Gasteiger partial charge on any atom is -0.460 e. The summed E-state index contributed by atoms with van der Waals surface area (Å²) in [6, 6.07) is 42.0. The number of hydrogen-bond donors (Lipinski definition) is 0. The summed E-state index contributed by atoms with van der Waals surface area (Å²) in [6.07, 6.45) is 19.4. The number of aryl methyl sites for hydroxylation is 1. The Bertz CT molecular complexity index is 3110. The molecule has 2 heterocycles. The minimum atomic E-state index is 0.124. The third-order valence-electron chi connectivity index (χ3n) is 12.4. The van der Waals surface area contributed by atoms with Crippen molar-refractivity contribution in [1.82, 2.24) is 0 Å². The summed E-state index contributed by atoms with van der Waals surface area (Å²) in [7, 11) is 0. The van der Waals surface area contributed by atoms with Crippen LogP contribution in [0.1, 0.15) is 41.7 Å². The van der Waals surface area contributed by atoms with Crippen LogP contribution in [0, 0.1) is 5.92 Å². The maximum absolute atomic E-state index is 6.84. The monoisotopic (exact) mass is 695 g/mol. The van der Waals surface area contributed by atoms with Crippen LogP contribution < -0.4 is 15.3 Å². The molecular formula is C51H37NO2. The normalized spacial score (nSPS) is 18.4. The minimum absolute atomic E-state index is 0.124. The fourth-order valence-corrected chi connectivity index (χ4v) is 9.91. The second-order valence-corrected chi connectivity index (χ2v) is 15.3. The number of fused-ring (bicyclic) bond motifs is 13. The Morgan fingerprint density at radius 3 is 2.37 bits per heavy atom. The second-order valence-electron chi connectivity index (χ2n) is 15.3. The second kappa shape index (κ2) is 11.6. The van der Waals surface area contributed by atoms with Crippen LogP contribution in [0.3, 0.4) is 0 Å². The van der Waals surface area contributed by atoms with Crippen LogP contribution in [0.25, 0.3) is 72.7 Å². The maximum atomic E-state index is 6.84. The smallest absolute Gasteiger partial charge is 0.143 e. The van der Waals surface area contributed by atoms with E-state index in [0.29, 0.717) is 5.92 Å². The summed E-state index contributed by atoms with van der Waals surface area (Å²) in [5.41, 5.74) is 13.4. The van der Waals surface area contributed by atoms with E-state index in [1.54, 1.807) is 0 Å². The highest BCUT2D eigenvalue weighted by Crippen LogP contribution is 2.50. The SMILES string of the molecule is C1=CC(N(C2=CCCc3oc4ccc5oc6c7ccccc7ccc6c5c4c32)c2cccc3c2-c2ccccc2C3)CC=C1C1C=c2ccccc2=CC1. The summed E-state index contributed by atoms with van der Waals surface area (Å²) in [5.74, 6) is 1.44. The molecule has 0 spiro atoms. The first-order valence-electron chi connectivity index (χ1n) is 19.4. The Balaban J connectivity index is 1.05. The largest absolute Gasteiger partial charge is 0.460 e. The number of rotatable bonds is 4. The van der Waals surface area contributed by atoms with Crippen molar-refractivity contribution in [2.75, 3.05) is 4.90 Å². The molecule has 4 aliphatic carbocycles. The lowest BCUT2D eigenvalue weighted by atomic mass is 9.85. The van der Waals surface area contributed by atoms with Crippen LogP contribution in [0.2, 0.25) is 0 Å². The van der Waals surface area contributed by atoms with Gasteiger partial charge in [-0.3, -0.25) is 0 Å². The fraction of sp³-hybridized carbons (Fsp3) is 0.137. The Labute approximate surface area is 313 Å². The zero-order chi connectivity index (χ0) is 35.3. The van der Waals surface area contributed by atoms with Crippen molar-refractivity contribution in [3.05, 3.63) is 178 Å². The number of benzene rings is 6. The molecule has 0 fully saturated rings. The van der Waals surface area contributed by atoms with Gasteiger partial charge in [0.2, 0.25) is 0 Å². The molecular weight excluding hydrogens is 659 g/mol. The molecule has 2 unspecified atom stereocenters. The average Bonchev–Trinajstić information content (AvgIpc) is 3.93. The summed E-state index contributed by atoms with van der Waals surface area (Å²) in [6.45, 7) is 0. The van der Waals surface area contributed by atoms with Gasteiger partial charge in [0.05, 0.1) is 6.04 Å². The van der Waals surface area contributed by atoms with Crippen molar-refractivity contribution >= 4 is 67.2 Å². The summed E-state index contributed by atoms with van der Waals surface area (Å²) in [4.78, 5) is 2.65. The molecule has 0 saturated carbocycles. The quantitative estimate of drug-likeness (QED) is 0.184. The van der Waals surface area contributed by atoms with Gasteiger partial charge < -0.3 is 13.7 Å². The zero-order valence-corrected chi connectivity index (χ0v) is 29.9. The first-order valence-corrected chi connectivity index (χ1v) is 19.4. The van der Waals surface area contributed by atoms with Crippen molar-refractivity contribution < 1.29 is 8.83 Å². The third-order valence-corrected chi connectivity index (χ3v) is 12.4. The van der Waals surface area contributed by atoms with Gasteiger partial charge in [0.1, 0.15) is 22.5 Å². The van der Waals surface area contributed by atoms with Crippen LogP contribution in [-0.2, 0) is 12.8 Å². The highest BCUT2D eigenvalue weighted by molar-refractivity contribution is 6.25. The van der Waals surface area contributed by atoms with E-state index in [2.05, 4.69) is 157 Å². The standard InChI is InChI=1S/C51H37NO2/c1-2-11-34-29-35(20-19-31(34)9-1)32-21-24-38(25-22-32)52(42-16-7-13-37-30-36-12-4-5-14-39(36)47(37)42)43-17-8-18-44-49(43)50-46(53-44)28-27-45-48(50)41-26-23-33-10-3-6-15-40(33)51(41)54-45/h1-7,9-17,19,21-24,26-29,35,38H,8,18,20,25,30H2. The molecule has 12 rings (SSSR count). The number of anilines is 1. The van der Waals surface area contributed by atoms with Crippen molar-refractivity contribution in [2.24, 2.45) is 5.92 Å². The zero-order valence-electron chi connectivity index (χ0n) is 29.9. The highest BCUT2D eigenvalue weighted by atomic mass is 16.3. The van der Waals surface area contributed by atoms with E-state index in [0.717, 1.165) is 76.2 Å². The highest BCUT2D eigenvalue weighted by Gasteiger charge is 2.34. The van der Waals surface area contributed by atoms with Crippen LogP contribution in [0.5, 0.6) is 0 Å². The van der Waals surface area contributed by atoms with E-state index in [1.165, 1.54) is 60.6 Å². The summed E-state index contributed by atoms with van der Waals surface area (Å²) in [5, 5.41) is 8.43. The molecule has 0 aliphatic heterocycles. The first kappa shape index (κ1) is 30.2. The average molecular weight is 696 g/mol. The van der Waals surface area contributed by atoms with Crippen molar-refractivity contribution in [3.8, 4) is 11.1 Å². The molecule has 3 heteroatoms. The predicted molar refractivity (Wildman–Crippen MR) is 223 cm³/mol. The van der Waals surface area contributed by atoms with E-state index in [4.69, 9.17) is 8.83 Å². The number of furan rings is 2. The van der Waals surface area contributed by atoms with E-state index in [9.17, 15) is 0 Å². The summed E-state index contributed by atoms with van der Waals surface area (Å²) >= 11 is 0. The van der Waals surface area contributed by atoms with E-state index < -0.39 is 0 Å². The third kappa shape index (κ3) is 4.42. The molecule has 0 N–H and O–H groups in total. The molecule has 6 aromatic carbocycles. The Morgan fingerprint density at radius 2 is 1.44 bits per heavy atom. The lowest BCUT2D eigenvalue weighted by Gasteiger charge is -2.38. The number of nitrogens with zero attached hydrogens (tertiary/aromatic N) is 1. The predicted octanol–water partition coefficient (Wildman–Crippen LogP) is 11.4. The van der Waals surface area contributed by atoms with E-state index in [1.807, 2.05) is 0 Å². The molecule has 4 aliphatic rings. The Kier molecular flexibility index (Phi) is 6.48. The first-order chi connectivity index (χ1) is 26.8. The topological polar surface area (TPSA) is 29.5 Å². The van der Waals surface area contributed by atoms with Crippen LogP contribution in [0.15, 0.2) is 154 Å². The van der Waals surface area contributed by atoms with Crippen LogP contribution in [-0.4, -0.2) is 6.04 Å². The molecule has 2 aromatic heterocycles. The lowest BCUT2D eigenvalue weighted by Crippen LogP contribution is -2.35. The molecule has 0 radical (unpaired) electrons. The van der Waals surface area contributed by atoms with Gasteiger partial charge in [-0.1, -0.05) is 127 Å². The Hall–Kier alpha value is -6.32. The van der Waals surface area contributed by atoms with Gasteiger partial charge in [-0.25, -0.2) is 0 Å². The molecule has 258 valence electrons. The number of hydrogen-bond acceptors (Lipinski definition) is 3. The molecule has 0 bridgehead atoms. The molecule has 0 saturated heterocycles. The molecule has 54 heavy (non-hydrogen) atoms. The van der Waals surface area contributed by atoms with E-state index >= 15 is 0 Å². The van der Waals surface area contributed by atoms with Gasteiger partial charge in [-0.2, -0.15) is 0 Å². The summed E-state index contributed by atoms with van der Waals surface area (Å²) < 4.78 is 13.6.